The minimum atomic E-state index is 0.405. The zero-order valence-corrected chi connectivity index (χ0v) is 24.6. The number of para-hydroxylation sites is 1. The summed E-state index contributed by atoms with van der Waals surface area (Å²) >= 11 is 1.67. The molecule has 1 saturated carbocycles. The van der Waals surface area contributed by atoms with Crippen molar-refractivity contribution >= 4 is 44.9 Å². The molecule has 1 aliphatic rings. The number of nitrogens with zero attached hydrogens (tertiary/aromatic N) is 2. The topological polar surface area (TPSA) is 66.9 Å². The van der Waals surface area contributed by atoms with Crippen LogP contribution in [0.3, 0.4) is 0 Å². The molecule has 0 aliphatic heterocycles. The summed E-state index contributed by atoms with van der Waals surface area (Å²) in [6.07, 6.45) is 7.33. The second kappa shape index (κ2) is 11.3. The number of aromatic amines is 1. The van der Waals surface area contributed by atoms with Gasteiger partial charge in [-0.1, -0.05) is 44.9 Å². The zero-order chi connectivity index (χ0) is 28.5. The molecule has 3 aromatic heterocycles. The van der Waals surface area contributed by atoms with Crippen LogP contribution in [0.1, 0.15) is 49.5 Å². The molecule has 210 valence electrons. The van der Waals surface area contributed by atoms with Gasteiger partial charge in [0, 0.05) is 29.7 Å². The first-order valence-electron chi connectivity index (χ1n) is 14.3. The maximum absolute atomic E-state index is 6.07. The Balaban J connectivity index is 1.28. The van der Waals surface area contributed by atoms with Crippen molar-refractivity contribution < 1.29 is 4.74 Å². The van der Waals surface area contributed by atoms with E-state index < -0.39 is 0 Å². The second-order valence-corrected chi connectivity index (χ2v) is 11.9. The number of pyridine rings is 1. The summed E-state index contributed by atoms with van der Waals surface area (Å²) in [7, 11) is 0. The predicted octanol–water partition coefficient (Wildman–Crippen LogP) is 7.75. The van der Waals surface area contributed by atoms with Gasteiger partial charge in [0.05, 0.1) is 27.0 Å². The summed E-state index contributed by atoms with van der Waals surface area (Å²) in [5.74, 6) is 1.62. The van der Waals surface area contributed by atoms with Gasteiger partial charge in [0.25, 0.3) is 0 Å². The molecule has 2 aromatic carbocycles. The van der Waals surface area contributed by atoms with Crippen molar-refractivity contribution in [2.24, 2.45) is 0 Å². The molecule has 0 bridgehead atoms. The highest BCUT2D eigenvalue weighted by molar-refractivity contribution is 7.20. The number of allylic oxidation sites excluding steroid dienone is 1. The third-order valence-corrected chi connectivity index (χ3v) is 9.11. The lowest BCUT2D eigenvalue weighted by atomic mass is 9.90. The third-order valence-electron chi connectivity index (χ3n) is 7.95. The highest BCUT2D eigenvalue weighted by atomic mass is 32.1. The first-order chi connectivity index (χ1) is 19.9. The van der Waals surface area contributed by atoms with Crippen molar-refractivity contribution in [1.82, 2.24) is 25.2 Å². The van der Waals surface area contributed by atoms with E-state index in [-0.39, 0.29) is 0 Å². The fourth-order valence-corrected chi connectivity index (χ4v) is 6.85. The van der Waals surface area contributed by atoms with Gasteiger partial charge in [0.15, 0.2) is 0 Å². The van der Waals surface area contributed by atoms with Crippen LogP contribution in [0.25, 0.3) is 39.2 Å². The molecule has 6 nitrogen and oxygen atoms in total. The minimum absolute atomic E-state index is 0.405. The average Bonchev–Trinajstić information content (AvgIpc) is 3.35. The Hall–Kier alpha value is -4.23. The van der Waals surface area contributed by atoms with Crippen LogP contribution >= 0.6 is 11.3 Å². The van der Waals surface area contributed by atoms with Crippen molar-refractivity contribution in [1.29, 1.82) is 0 Å². The molecule has 0 unspecified atom stereocenters. The SMILES string of the molecule is C=C(CC)NC1CCC(NC(=C)c2sc3nccc4c3c2[nH]c(=C)n4-c2ccc(Oc3ccccc3)cc2C)CC1. The maximum atomic E-state index is 6.07. The van der Waals surface area contributed by atoms with Crippen molar-refractivity contribution in [3.05, 3.63) is 95.6 Å². The highest BCUT2D eigenvalue weighted by Crippen LogP contribution is 2.37. The molecule has 0 saturated heterocycles. The number of hydrogen-bond acceptors (Lipinski definition) is 5. The molecule has 3 heterocycles. The van der Waals surface area contributed by atoms with Gasteiger partial charge in [0.2, 0.25) is 0 Å². The summed E-state index contributed by atoms with van der Waals surface area (Å²) in [5, 5.41) is 8.41. The van der Waals surface area contributed by atoms with Crippen LogP contribution in [0, 0.1) is 6.92 Å². The standard InChI is InChI=1S/C34H37N5OS/c1-6-22(3)36-25-12-14-26(15-13-25)37-23(4)33-32-31-30(18-19-35-34(31)41-33)39(24(5)38-32)29-17-16-28(20-21(29)2)40-27-10-8-7-9-11-27/h7-11,16-20,25-26,36-38H,3-6,12-15H2,1-2H3. The van der Waals surface area contributed by atoms with Crippen LogP contribution in [0.4, 0.5) is 0 Å². The third kappa shape index (κ3) is 5.42. The lowest BCUT2D eigenvalue weighted by Gasteiger charge is -2.31. The van der Waals surface area contributed by atoms with E-state index in [0.717, 1.165) is 97.9 Å². The van der Waals surface area contributed by atoms with Crippen LogP contribution in [0.2, 0.25) is 0 Å². The number of aromatic nitrogens is 3. The number of rotatable bonds is 9. The summed E-state index contributed by atoms with van der Waals surface area (Å²) in [5.41, 5.74) is 7.08. The fourth-order valence-electron chi connectivity index (χ4n) is 5.80. The van der Waals surface area contributed by atoms with Gasteiger partial charge in [-0.15, -0.1) is 11.3 Å². The van der Waals surface area contributed by atoms with E-state index in [1.54, 1.807) is 11.3 Å². The lowest BCUT2D eigenvalue weighted by molar-refractivity contribution is 0.340. The molecule has 0 radical (unpaired) electrons. The first-order valence-corrected chi connectivity index (χ1v) is 15.1. The van der Waals surface area contributed by atoms with Gasteiger partial charge in [0.1, 0.15) is 21.8 Å². The number of H-pyrrole nitrogens is 1. The zero-order valence-electron chi connectivity index (χ0n) is 23.8. The summed E-state index contributed by atoms with van der Waals surface area (Å²) in [6.45, 7) is 17.2. The quantitative estimate of drug-likeness (QED) is 0.172. The van der Waals surface area contributed by atoms with Crippen LogP contribution in [0.5, 0.6) is 11.5 Å². The smallest absolute Gasteiger partial charge is 0.128 e. The van der Waals surface area contributed by atoms with Crippen molar-refractivity contribution in [2.45, 2.75) is 58.0 Å². The van der Waals surface area contributed by atoms with Crippen molar-refractivity contribution in [2.75, 3.05) is 0 Å². The van der Waals surface area contributed by atoms with E-state index in [1.165, 1.54) is 0 Å². The number of aryl methyl sites for hydroxylation is 1. The number of hydrogen-bond donors (Lipinski definition) is 3. The van der Waals surface area contributed by atoms with Crippen LogP contribution in [-0.4, -0.2) is 26.6 Å². The van der Waals surface area contributed by atoms with Crippen molar-refractivity contribution in [3.63, 3.8) is 0 Å². The Morgan fingerprint density at radius 3 is 2.46 bits per heavy atom. The molecular weight excluding hydrogens is 526 g/mol. The summed E-state index contributed by atoms with van der Waals surface area (Å²) in [4.78, 5) is 10.4. The minimum Gasteiger partial charge on any atom is -0.457 e. The Kier molecular flexibility index (Phi) is 7.45. The van der Waals surface area contributed by atoms with E-state index >= 15 is 0 Å². The molecule has 0 amide bonds. The predicted molar refractivity (Wildman–Crippen MR) is 172 cm³/mol. The average molecular weight is 564 g/mol. The molecule has 1 aliphatic carbocycles. The van der Waals surface area contributed by atoms with E-state index in [9.17, 15) is 0 Å². The fraction of sp³-hybridized carbons (Fsp3) is 0.265. The van der Waals surface area contributed by atoms with E-state index in [4.69, 9.17) is 9.72 Å². The number of ether oxygens (including phenoxy) is 1. The summed E-state index contributed by atoms with van der Waals surface area (Å²) in [6, 6.07) is 19.0. The number of thiophene rings is 1. The van der Waals surface area contributed by atoms with Crippen LogP contribution < -0.4 is 20.9 Å². The molecule has 0 atom stereocenters. The van der Waals surface area contributed by atoms with Gasteiger partial charge in [-0.2, -0.15) is 0 Å². The van der Waals surface area contributed by atoms with Crippen LogP contribution in [0.15, 0.2) is 79.6 Å². The normalized spacial score (nSPS) is 17.0. The van der Waals surface area contributed by atoms with Gasteiger partial charge < -0.3 is 20.4 Å². The Bertz CT molecular complexity index is 1790. The molecule has 7 heteroatoms. The Labute approximate surface area is 245 Å². The monoisotopic (exact) mass is 563 g/mol. The highest BCUT2D eigenvalue weighted by Gasteiger charge is 2.24. The summed E-state index contributed by atoms with van der Waals surface area (Å²) < 4.78 is 8.24. The van der Waals surface area contributed by atoms with Gasteiger partial charge >= 0.3 is 0 Å². The second-order valence-electron chi connectivity index (χ2n) is 10.9. The lowest BCUT2D eigenvalue weighted by Crippen LogP contribution is -2.38. The molecule has 3 N–H and O–H groups in total. The van der Waals surface area contributed by atoms with Crippen molar-refractivity contribution in [3.8, 4) is 17.2 Å². The Morgan fingerprint density at radius 1 is 1.02 bits per heavy atom. The van der Waals surface area contributed by atoms with Gasteiger partial charge in [-0.25, -0.2) is 4.98 Å². The molecule has 6 rings (SSSR count). The van der Waals surface area contributed by atoms with E-state index in [0.29, 0.717) is 12.1 Å². The molecule has 41 heavy (non-hydrogen) atoms. The number of benzene rings is 2. The first kappa shape index (κ1) is 27.0. The number of nitrogens with one attached hydrogen (secondary N) is 3. The van der Waals surface area contributed by atoms with Gasteiger partial charge in [-0.05, 0) is 81.0 Å². The molecule has 1 fully saturated rings. The van der Waals surface area contributed by atoms with E-state index in [1.807, 2.05) is 42.6 Å². The maximum Gasteiger partial charge on any atom is 0.128 e. The molecule has 0 spiro atoms. The van der Waals surface area contributed by atoms with E-state index in [2.05, 4.69) is 72.0 Å². The van der Waals surface area contributed by atoms with Gasteiger partial charge in [-0.3, -0.25) is 4.57 Å². The Morgan fingerprint density at radius 2 is 1.76 bits per heavy atom. The largest absolute Gasteiger partial charge is 0.457 e. The molecular formula is C34H37N5OS. The molecule has 5 aromatic rings. The van der Waals surface area contributed by atoms with Crippen LogP contribution in [-0.2, 0) is 0 Å².